The van der Waals surface area contributed by atoms with E-state index in [-0.39, 0.29) is 59.4 Å². The number of nitrogens with zero attached hydrogens (tertiary/aromatic N) is 2. The van der Waals surface area contributed by atoms with Crippen LogP contribution < -0.4 is 16.5 Å². The molecule has 4 amide bonds. The van der Waals surface area contributed by atoms with Gasteiger partial charge in [0.2, 0.25) is 11.8 Å². The fourth-order valence-electron chi connectivity index (χ4n) is 4.66. The molecular formula is C31H43F2N5O5. The zero-order valence-corrected chi connectivity index (χ0v) is 25.5. The van der Waals surface area contributed by atoms with Gasteiger partial charge in [-0.1, -0.05) is 27.7 Å². The third kappa shape index (κ3) is 11.4. The van der Waals surface area contributed by atoms with Gasteiger partial charge in [-0.25, -0.2) is 13.8 Å². The molecule has 0 aromatic heterocycles. The Bertz CT molecular complexity index is 1260. The fourth-order valence-corrected chi connectivity index (χ4v) is 4.66. The summed E-state index contributed by atoms with van der Waals surface area (Å²) in [6.07, 6.45) is 0.193. The van der Waals surface area contributed by atoms with Crippen molar-refractivity contribution in [2.75, 3.05) is 26.7 Å². The zero-order chi connectivity index (χ0) is 32.3. The van der Waals surface area contributed by atoms with Gasteiger partial charge < -0.3 is 21.1 Å². The van der Waals surface area contributed by atoms with E-state index in [1.54, 1.807) is 4.90 Å². The summed E-state index contributed by atoms with van der Waals surface area (Å²) in [6.45, 7) is 8.45. The summed E-state index contributed by atoms with van der Waals surface area (Å²) >= 11 is 0. The number of hydrogen-bond donors (Lipinski definition) is 4. The fraction of sp³-hybridized carbons (Fsp3) is 0.484. The number of nitrogens with two attached hydrogens (primary N) is 1. The smallest absolute Gasteiger partial charge is 0.253 e. The molecule has 43 heavy (non-hydrogen) atoms. The molecule has 5 N–H and O–H groups in total. The first-order chi connectivity index (χ1) is 20.2. The number of primary amides is 1. The largest absolute Gasteiger partial charge is 0.390 e. The Morgan fingerprint density at radius 3 is 2.00 bits per heavy atom. The number of carbonyl (C=O) groups is 4. The van der Waals surface area contributed by atoms with E-state index in [9.17, 15) is 33.1 Å². The quantitative estimate of drug-likeness (QED) is 0.217. The van der Waals surface area contributed by atoms with Crippen LogP contribution in [0.15, 0.2) is 36.4 Å². The number of aliphatic hydroxyl groups excluding tert-OH is 1. The second-order valence-corrected chi connectivity index (χ2v) is 11.1. The topological polar surface area (TPSA) is 145 Å². The van der Waals surface area contributed by atoms with E-state index in [2.05, 4.69) is 10.7 Å². The zero-order valence-electron chi connectivity index (χ0n) is 25.5. The standard InChI is InChI=1S/C31H43F2N5O5/c1-6-8-38(9-7-2)31(43)23-15-21(29(34)41)14-22(16-23)30(42)35-26(13-20-11-24(32)17-25(33)12-20)27(39)18-37(5)36-28(40)10-19(3)4/h11-12,14-17,19,26-27,39H,6-10,13,18H2,1-5H3,(H2,34,41)(H,35,42)(H,36,40). The summed E-state index contributed by atoms with van der Waals surface area (Å²) in [7, 11) is 1.54. The van der Waals surface area contributed by atoms with Crippen molar-refractivity contribution >= 4 is 23.6 Å². The monoisotopic (exact) mass is 603 g/mol. The summed E-state index contributed by atoms with van der Waals surface area (Å²) in [5.74, 6) is -3.77. The first-order valence-electron chi connectivity index (χ1n) is 14.4. The number of amides is 4. The molecule has 12 heteroatoms. The molecule has 0 heterocycles. The van der Waals surface area contributed by atoms with E-state index in [0.29, 0.717) is 32.0 Å². The highest BCUT2D eigenvalue weighted by molar-refractivity contribution is 6.04. The average molecular weight is 604 g/mol. The summed E-state index contributed by atoms with van der Waals surface area (Å²) < 4.78 is 27.9. The maximum absolute atomic E-state index is 14.0. The lowest BCUT2D eigenvalue weighted by atomic mass is 9.99. The Morgan fingerprint density at radius 2 is 1.47 bits per heavy atom. The highest BCUT2D eigenvalue weighted by Gasteiger charge is 2.26. The van der Waals surface area contributed by atoms with Gasteiger partial charge in [-0.05, 0) is 61.1 Å². The molecule has 0 aliphatic carbocycles. The van der Waals surface area contributed by atoms with Gasteiger partial charge in [-0.15, -0.1) is 0 Å². The lowest BCUT2D eigenvalue weighted by molar-refractivity contribution is -0.126. The number of halogens is 2. The normalized spacial score (nSPS) is 12.6. The molecule has 10 nitrogen and oxygen atoms in total. The van der Waals surface area contributed by atoms with E-state index in [1.807, 2.05) is 27.7 Å². The predicted octanol–water partition coefficient (Wildman–Crippen LogP) is 3.04. The van der Waals surface area contributed by atoms with Crippen LogP contribution in [0.25, 0.3) is 0 Å². The minimum Gasteiger partial charge on any atom is -0.390 e. The number of rotatable bonds is 16. The summed E-state index contributed by atoms with van der Waals surface area (Å²) in [6, 6.07) is 5.70. The SMILES string of the molecule is CCCN(CCC)C(=O)c1cc(C(N)=O)cc(C(=O)NC(Cc2cc(F)cc(F)c2)C(O)CN(C)NC(=O)CC(C)C)c1. The maximum atomic E-state index is 14.0. The van der Waals surface area contributed by atoms with Crippen LogP contribution in [-0.2, 0) is 11.2 Å². The molecule has 0 fully saturated rings. The Balaban J connectivity index is 2.40. The van der Waals surface area contributed by atoms with Gasteiger partial charge in [0.1, 0.15) is 11.6 Å². The van der Waals surface area contributed by atoms with Crippen molar-refractivity contribution in [3.63, 3.8) is 0 Å². The molecule has 0 radical (unpaired) electrons. The average Bonchev–Trinajstić information content (AvgIpc) is 2.90. The molecule has 0 aliphatic heterocycles. The minimum absolute atomic E-state index is 0.0548. The van der Waals surface area contributed by atoms with Crippen LogP contribution in [-0.4, -0.2) is 77.5 Å². The Morgan fingerprint density at radius 1 is 0.907 bits per heavy atom. The van der Waals surface area contributed by atoms with Crippen molar-refractivity contribution in [2.45, 2.75) is 65.5 Å². The molecule has 0 spiro atoms. The molecule has 2 aromatic rings. The minimum atomic E-state index is -1.32. The second kappa shape index (κ2) is 16.7. The van der Waals surface area contributed by atoms with Crippen molar-refractivity contribution in [3.8, 4) is 0 Å². The molecule has 2 atom stereocenters. The van der Waals surface area contributed by atoms with Crippen molar-refractivity contribution in [3.05, 3.63) is 70.3 Å². The van der Waals surface area contributed by atoms with Gasteiger partial charge >= 0.3 is 0 Å². The maximum Gasteiger partial charge on any atom is 0.253 e. The predicted molar refractivity (Wildman–Crippen MR) is 159 cm³/mol. The first-order valence-corrected chi connectivity index (χ1v) is 14.4. The van der Waals surface area contributed by atoms with Crippen LogP contribution in [0.2, 0.25) is 0 Å². The molecule has 0 bridgehead atoms. The van der Waals surface area contributed by atoms with Gasteiger partial charge in [0, 0.05) is 55.9 Å². The van der Waals surface area contributed by atoms with Gasteiger partial charge in [0.05, 0.1) is 12.1 Å². The number of hydrogen-bond acceptors (Lipinski definition) is 6. The summed E-state index contributed by atoms with van der Waals surface area (Å²) in [5, 5.41) is 15.2. The van der Waals surface area contributed by atoms with Gasteiger partial charge in [0.15, 0.2) is 0 Å². The number of aliphatic hydroxyl groups is 1. The molecule has 236 valence electrons. The lowest BCUT2D eigenvalue weighted by Crippen LogP contribution is -2.52. The van der Waals surface area contributed by atoms with E-state index < -0.39 is 35.6 Å². The number of likely N-dealkylation sites (N-methyl/N-ethyl adjacent to an activating group) is 1. The van der Waals surface area contributed by atoms with Gasteiger partial charge in [0.25, 0.3) is 11.8 Å². The van der Waals surface area contributed by atoms with Crippen LogP contribution in [0, 0.1) is 17.6 Å². The van der Waals surface area contributed by atoms with E-state index >= 15 is 0 Å². The van der Waals surface area contributed by atoms with Crippen molar-refractivity contribution in [2.24, 2.45) is 11.7 Å². The first kappa shape index (κ1) is 35.3. The lowest BCUT2D eigenvalue weighted by Gasteiger charge is -2.28. The highest BCUT2D eigenvalue weighted by Crippen LogP contribution is 2.17. The molecule has 0 saturated carbocycles. The Labute approximate surface area is 251 Å². The molecule has 2 unspecified atom stereocenters. The molecular weight excluding hydrogens is 560 g/mol. The molecule has 0 aliphatic rings. The molecule has 0 saturated heterocycles. The number of carbonyl (C=O) groups excluding carboxylic acids is 4. The number of hydrazine groups is 1. The molecule has 2 rings (SSSR count). The van der Waals surface area contributed by atoms with Gasteiger partial charge in [-0.2, -0.15) is 0 Å². The van der Waals surface area contributed by atoms with Crippen LogP contribution in [0.3, 0.4) is 0 Å². The number of nitrogens with one attached hydrogen (secondary N) is 2. The molecule has 2 aromatic carbocycles. The summed E-state index contributed by atoms with van der Waals surface area (Å²) in [4.78, 5) is 52.7. The van der Waals surface area contributed by atoms with Gasteiger partial charge in [-0.3, -0.25) is 24.6 Å². The Kier molecular flexibility index (Phi) is 13.7. The van der Waals surface area contributed by atoms with Crippen molar-refractivity contribution < 1.29 is 33.1 Å². The van der Waals surface area contributed by atoms with Crippen LogP contribution >= 0.6 is 0 Å². The van der Waals surface area contributed by atoms with E-state index in [0.717, 1.165) is 12.1 Å². The third-order valence-corrected chi connectivity index (χ3v) is 6.53. The van der Waals surface area contributed by atoms with Crippen LogP contribution in [0.5, 0.6) is 0 Å². The number of benzene rings is 2. The van der Waals surface area contributed by atoms with Crippen LogP contribution in [0.4, 0.5) is 8.78 Å². The Hall–Kier alpha value is -3.90. The highest BCUT2D eigenvalue weighted by atomic mass is 19.1. The van der Waals surface area contributed by atoms with E-state index in [4.69, 9.17) is 5.73 Å². The summed E-state index contributed by atoms with van der Waals surface area (Å²) in [5.41, 5.74) is 8.30. The van der Waals surface area contributed by atoms with Crippen molar-refractivity contribution in [1.82, 2.24) is 20.7 Å². The third-order valence-electron chi connectivity index (χ3n) is 6.53. The van der Waals surface area contributed by atoms with Crippen LogP contribution in [0.1, 0.15) is 83.6 Å². The van der Waals surface area contributed by atoms with Crippen molar-refractivity contribution in [1.29, 1.82) is 0 Å². The second-order valence-electron chi connectivity index (χ2n) is 11.1. The van der Waals surface area contributed by atoms with E-state index in [1.165, 1.54) is 30.3 Å².